The fourth-order valence-electron chi connectivity index (χ4n) is 3.86. The molecule has 2 heterocycles. The van der Waals surface area contributed by atoms with E-state index < -0.39 is 0 Å². The number of carbonyl (C=O) groups is 1. The Labute approximate surface area is 196 Å². The van der Waals surface area contributed by atoms with Crippen LogP contribution in [-0.4, -0.2) is 25.5 Å². The third-order valence-corrected chi connectivity index (χ3v) is 5.51. The number of benzene rings is 3. The standard InChI is InChI=1S/C28H21N5O/c29-16-9-17-33-19-22(26(32-33)20-10-3-1-4-11-20)18-23(27(34)21-12-5-2-6-13-21)28-30-24-14-7-8-15-25(24)31-28/h1-8,10-15,18-19H,9,17H2,(H,30,31)/b23-18-. The smallest absolute Gasteiger partial charge is 0.196 e. The van der Waals surface area contributed by atoms with E-state index >= 15 is 0 Å². The molecule has 2 aromatic heterocycles. The second-order valence-electron chi connectivity index (χ2n) is 7.83. The second kappa shape index (κ2) is 9.39. The molecule has 0 aliphatic heterocycles. The Kier molecular flexibility index (Phi) is 5.83. The number of Topliss-reactive ketones (excluding diaryl/α,β-unsaturated/α-hetero) is 1. The number of carbonyl (C=O) groups excluding carboxylic acids is 1. The zero-order valence-corrected chi connectivity index (χ0v) is 18.3. The normalized spacial score (nSPS) is 11.4. The van der Waals surface area contributed by atoms with Gasteiger partial charge in [0.15, 0.2) is 5.78 Å². The maximum Gasteiger partial charge on any atom is 0.196 e. The molecular weight excluding hydrogens is 422 g/mol. The Hall–Kier alpha value is -4.76. The van der Waals surface area contributed by atoms with Crippen LogP contribution >= 0.6 is 0 Å². The van der Waals surface area contributed by atoms with E-state index in [9.17, 15) is 4.79 Å². The summed E-state index contributed by atoms with van der Waals surface area (Å²) in [5, 5.41) is 13.7. The van der Waals surface area contributed by atoms with Crippen LogP contribution in [0.25, 0.3) is 33.9 Å². The van der Waals surface area contributed by atoms with Gasteiger partial charge in [0.1, 0.15) is 5.82 Å². The summed E-state index contributed by atoms with van der Waals surface area (Å²) in [6.45, 7) is 0.469. The summed E-state index contributed by atoms with van der Waals surface area (Å²) >= 11 is 0. The largest absolute Gasteiger partial charge is 0.338 e. The Morgan fingerprint density at radius 3 is 2.41 bits per heavy atom. The minimum atomic E-state index is -0.136. The summed E-state index contributed by atoms with van der Waals surface area (Å²) in [5.41, 5.74) is 5.12. The monoisotopic (exact) mass is 443 g/mol. The lowest BCUT2D eigenvalue weighted by atomic mass is 9.99. The first-order valence-corrected chi connectivity index (χ1v) is 11.0. The zero-order valence-electron chi connectivity index (χ0n) is 18.3. The van der Waals surface area contributed by atoms with Crippen LogP contribution in [0.1, 0.15) is 28.2 Å². The van der Waals surface area contributed by atoms with E-state index in [0.717, 1.165) is 27.9 Å². The Balaban J connectivity index is 1.69. The number of rotatable bonds is 7. The first-order chi connectivity index (χ1) is 16.7. The number of aromatic amines is 1. The zero-order chi connectivity index (χ0) is 23.3. The van der Waals surface area contributed by atoms with Gasteiger partial charge in [-0.15, -0.1) is 0 Å². The molecule has 6 heteroatoms. The molecule has 0 radical (unpaired) electrons. The Morgan fingerprint density at radius 1 is 0.971 bits per heavy atom. The van der Waals surface area contributed by atoms with Gasteiger partial charge in [0, 0.05) is 22.9 Å². The molecule has 3 aromatic carbocycles. The minimum absolute atomic E-state index is 0.136. The SMILES string of the molecule is N#CCCn1cc(/C=C(/C(=O)c2ccccc2)c2nc3ccccc3[nH]2)c(-c2ccccc2)n1. The van der Waals surface area contributed by atoms with Gasteiger partial charge in [-0.3, -0.25) is 9.48 Å². The van der Waals surface area contributed by atoms with Gasteiger partial charge in [0.25, 0.3) is 0 Å². The van der Waals surface area contributed by atoms with Gasteiger partial charge in [0.05, 0.1) is 41.3 Å². The number of nitrogens with zero attached hydrogens (tertiary/aromatic N) is 4. The van der Waals surface area contributed by atoms with Crippen molar-refractivity contribution in [3.05, 3.63) is 108 Å². The molecule has 0 atom stereocenters. The number of ketones is 1. The number of fused-ring (bicyclic) bond motifs is 1. The third-order valence-electron chi connectivity index (χ3n) is 5.51. The molecule has 1 N–H and O–H groups in total. The van der Waals surface area contributed by atoms with Gasteiger partial charge < -0.3 is 4.98 Å². The van der Waals surface area contributed by atoms with Crippen molar-refractivity contribution in [3.8, 4) is 17.3 Å². The molecule has 0 amide bonds. The van der Waals surface area contributed by atoms with E-state index in [4.69, 9.17) is 15.3 Å². The van der Waals surface area contributed by atoms with Crippen molar-refractivity contribution in [1.82, 2.24) is 19.7 Å². The first-order valence-electron chi connectivity index (χ1n) is 11.0. The lowest BCUT2D eigenvalue weighted by Gasteiger charge is -2.05. The maximum atomic E-state index is 13.7. The van der Waals surface area contributed by atoms with Crippen LogP contribution in [-0.2, 0) is 6.54 Å². The summed E-state index contributed by atoms with van der Waals surface area (Å²) in [4.78, 5) is 21.7. The van der Waals surface area contributed by atoms with Crippen LogP contribution in [0.5, 0.6) is 0 Å². The predicted octanol–water partition coefficient (Wildman–Crippen LogP) is 5.76. The highest BCUT2D eigenvalue weighted by molar-refractivity contribution is 6.32. The number of hydrogen-bond acceptors (Lipinski definition) is 4. The highest BCUT2D eigenvalue weighted by Gasteiger charge is 2.20. The van der Waals surface area contributed by atoms with Crippen LogP contribution in [0.4, 0.5) is 0 Å². The summed E-state index contributed by atoms with van der Waals surface area (Å²) in [6.07, 6.45) is 4.06. The van der Waals surface area contributed by atoms with Crippen molar-refractivity contribution < 1.29 is 4.79 Å². The van der Waals surface area contributed by atoms with Gasteiger partial charge in [0.2, 0.25) is 0 Å². The highest BCUT2D eigenvalue weighted by atomic mass is 16.1. The highest BCUT2D eigenvalue weighted by Crippen LogP contribution is 2.28. The Bertz CT molecular complexity index is 1490. The molecule has 34 heavy (non-hydrogen) atoms. The number of H-pyrrole nitrogens is 1. The van der Waals surface area contributed by atoms with Crippen LogP contribution in [0.15, 0.2) is 91.1 Å². The molecule has 0 aliphatic rings. The van der Waals surface area contributed by atoms with E-state index in [1.807, 2.05) is 85.1 Å². The Morgan fingerprint density at radius 2 is 1.68 bits per heavy atom. The molecule has 0 bridgehead atoms. The average molecular weight is 444 g/mol. The van der Waals surface area contributed by atoms with E-state index in [1.165, 1.54) is 0 Å². The van der Waals surface area contributed by atoms with E-state index in [0.29, 0.717) is 29.9 Å². The summed E-state index contributed by atoms with van der Waals surface area (Å²) in [6, 6.07) is 28.8. The number of nitriles is 1. The van der Waals surface area contributed by atoms with Crippen molar-refractivity contribution in [2.24, 2.45) is 0 Å². The van der Waals surface area contributed by atoms with E-state index in [2.05, 4.69) is 11.1 Å². The lowest BCUT2D eigenvalue weighted by molar-refractivity contribution is 0.105. The number of imidazole rings is 1. The number of allylic oxidation sites excluding steroid dienone is 1. The predicted molar refractivity (Wildman–Crippen MR) is 133 cm³/mol. The van der Waals surface area contributed by atoms with Crippen molar-refractivity contribution in [2.45, 2.75) is 13.0 Å². The molecule has 0 fully saturated rings. The quantitative estimate of drug-likeness (QED) is 0.256. The first kappa shape index (κ1) is 21.1. The molecule has 6 nitrogen and oxygen atoms in total. The molecule has 0 spiro atoms. The number of aryl methyl sites for hydroxylation is 1. The summed E-state index contributed by atoms with van der Waals surface area (Å²) in [7, 11) is 0. The second-order valence-corrected chi connectivity index (χ2v) is 7.83. The molecule has 5 rings (SSSR count). The van der Waals surface area contributed by atoms with E-state index in [-0.39, 0.29) is 5.78 Å². The van der Waals surface area contributed by atoms with Gasteiger partial charge in [-0.1, -0.05) is 72.8 Å². The summed E-state index contributed by atoms with van der Waals surface area (Å²) < 4.78 is 1.75. The van der Waals surface area contributed by atoms with Gasteiger partial charge in [-0.05, 0) is 18.2 Å². The van der Waals surface area contributed by atoms with Crippen LogP contribution in [0.3, 0.4) is 0 Å². The third kappa shape index (κ3) is 4.27. The number of para-hydroxylation sites is 2. The maximum absolute atomic E-state index is 13.7. The summed E-state index contributed by atoms with van der Waals surface area (Å²) in [5.74, 6) is 0.363. The van der Waals surface area contributed by atoms with Gasteiger partial charge in [-0.2, -0.15) is 10.4 Å². The van der Waals surface area contributed by atoms with Crippen molar-refractivity contribution >= 4 is 28.5 Å². The van der Waals surface area contributed by atoms with Crippen LogP contribution < -0.4 is 0 Å². The molecular formula is C28H21N5O. The topological polar surface area (TPSA) is 87.4 Å². The molecule has 0 saturated heterocycles. The van der Waals surface area contributed by atoms with E-state index in [1.54, 1.807) is 16.8 Å². The number of nitrogens with one attached hydrogen (secondary N) is 1. The molecule has 0 saturated carbocycles. The van der Waals surface area contributed by atoms with Gasteiger partial charge in [-0.25, -0.2) is 4.98 Å². The molecule has 164 valence electrons. The average Bonchev–Trinajstić information content (AvgIpc) is 3.50. The van der Waals surface area contributed by atoms with Crippen molar-refractivity contribution in [3.63, 3.8) is 0 Å². The molecule has 5 aromatic rings. The van der Waals surface area contributed by atoms with Crippen LogP contribution in [0.2, 0.25) is 0 Å². The molecule has 0 aliphatic carbocycles. The minimum Gasteiger partial charge on any atom is -0.338 e. The molecule has 0 unspecified atom stereocenters. The lowest BCUT2D eigenvalue weighted by Crippen LogP contribution is -2.04. The number of aromatic nitrogens is 4. The number of hydrogen-bond donors (Lipinski definition) is 1. The fraction of sp³-hybridized carbons (Fsp3) is 0.0714. The van der Waals surface area contributed by atoms with Crippen LogP contribution in [0, 0.1) is 11.3 Å². The van der Waals surface area contributed by atoms with Gasteiger partial charge >= 0.3 is 0 Å². The van der Waals surface area contributed by atoms with Crippen molar-refractivity contribution in [1.29, 1.82) is 5.26 Å². The van der Waals surface area contributed by atoms with Crippen molar-refractivity contribution in [2.75, 3.05) is 0 Å². The fourth-order valence-corrected chi connectivity index (χ4v) is 3.86.